The second-order valence-corrected chi connectivity index (χ2v) is 8.36. The van der Waals surface area contributed by atoms with Crippen LogP contribution in [0.3, 0.4) is 0 Å². The van der Waals surface area contributed by atoms with E-state index in [0.29, 0.717) is 29.6 Å². The Bertz CT molecular complexity index is 1080. The summed E-state index contributed by atoms with van der Waals surface area (Å²) in [6.45, 7) is 3.46. The third-order valence-corrected chi connectivity index (χ3v) is 6.04. The third kappa shape index (κ3) is 5.96. The van der Waals surface area contributed by atoms with E-state index in [9.17, 15) is 9.59 Å². The first-order valence-electron chi connectivity index (χ1n) is 10.8. The lowest BCUT2D eigenvalue weighted by molar-refractivity contribution is -0.113. The predicted molar refractivity (Wildman–Crippen MR) is 124 cm³/mol. The summed E-state index contributed by atoms with van der Waals surface area (Å²) in [5.41, 5.74) is 1.95. The van der Waals surface area contributed by atoms with Crippen molar-refractivity contribution in [1.82, 2.24) is 19.7 Å². The van der Waals surface area contributed by atoms with E-state index in [0.717, 1.165) is 30.8 Å². The first-order chi connectivity index (χ1) is 16.1. The molecular weight excluding hydrogens is 442 g/mol. The van der Waals surface area contributed by atoms with Crippen LogP contribution in [0.15, 0.2) is 53.9 Å². The molecule has 1 aliphatic rings. The summed E-state index contributed by atoms with van der Waals surface area (Å²) in [5, 5.41) is 12.2. The minimum atomic E-state index is -0.387. The lowest BCUT2D eigenvalue weighted by Crippen LogP contribution is -2.18. The highest BCUT2D eigenvalue weighted by Gasteiger charge is 2.22. The van der Waals surface area contributed by atoms with E-state index in [1.165, 1.54) is 11.8 Å². The van der Waals surface area contributed by atoms with Gasteiger partial charge in [-0.2, -0.15) is 0 Å². The molecule has 172 valence electrons. The molecule has 9 nitrogen and oxygen atoms in total. The van der Waals surface area contributed by atoms with Crippen molar-refractivity contribution in [2.24, 2.45) is 0 Å². The van der Waals surface area contributed by atoms with Crippen molar-refractivity contribution < 1.29 is 19.1 Å². The lowest BCUT2D eigenvalue weighted by atomic mass is 10.2. The maximum Gasteiger partial charge on any atom is 0.338 e. The lowest BCUT2D eigenvalue weighted by Gasteiger charge is -2.14. The minimum Gasteiger partial charge on any atom is -0.462 e. The molecule has 10 heteroatoms. The Labute approximate surface area is 195 Å². The standard InChI is InChI=1S/C23H25N5O4S/c1-2-31-22(30)17-5-7-18(8-6-17)25-20(29)15-33-23-27-26-21(16-9-11-24-12-10-16)28(23)14-19-4-3-13-32-19/h5-12,19H,2-4,13-15H2,1H3,(H,25,29)/t19-/m0/s1. The smallest absolute Gasteiger partial charge is 0.338 e. The van der Waals surface area contributed by atoms with Crippen LogP contribution in [0, 0.1) is 0 Å². The number of carbonyl (C=O) groups excluding carboxylic acids is 2. The molecule has 1 fully saturated rings. The summed E-state index contributed by atoms with van der Waals surface area (Å²) in [5.74, 6) is 0.326. The van der Waals surface area contributed by atoms with Crippen molar-refractivity contribution in [3.05, 3.63) is 54.4 Å². The van der Waals surface area contributed by atoms with Gasteiger partial charge in [-0.3, -0.25) is 14.3 Å². The van der Waals surface area contributed by atoms with Crippen LogP contribution >= 0.6 is 11.8 Å². The second kappa shape index (κ2) is 11.1. The number of esters is 1. The summed E-state index contributed by atoms with van der Waals surface area (Å²) >= 11 is 1.32. The fraction of sp³-hybridized carbons (Fsp3) is 0.348. The molecule has 0 spiro atoms. The summed E-state index contributed by atoms with van der Waals surface area (Å²) in [6.07, 6.45) is 5.56. The average Bonchev–Trinajstić information content (AvgIpc) is 3.49. The van der Waals surface area contributed by atoms with Gasteiger partial charge in [-0.1, -0.05) is 11.8 Å². The molecule has 1 atom stereocenters. The fourth-order valence-electron chi connectivity index (χ4n) is 3.50. The molecular formula is C23H25N5O4S. The summed E-state index contributed by atoms with van der Waals surface area (Å²) in [6, 6.07) is 10.4. The molecule has 33 heavy (non-hydrogen) atoms. The maximum atomic E-state index is 12.5. The van der Waals surface area contributed by atoms with Gasteiger partial charge in [0, 0.05) is 30.3 Å². The third-order valence-electron chi connectivity index (χ3n) is 5.08. The normalized spacial score (nSPS) is 15.4. The molecule has 0 bridgehead atoms. The molecule has 0 radical (unpaired) electrons. The van der Waals surface area contributed by atoms with Gasteiger partial charge in [0.2, 0.25) is 5.91 Å². The zero-order valence-electron chi connectivity index (χ0n) is 18.3. The Kier molecular flexibility index (Phi) is 7.69. The highest BCUT2D eigenvalue weighted by molar-refractivity contribution is 7.99. The van der Waals surface area contributed by atoms with Crippen LogP contribution in [-0.4, -0.2) is 56.7 Å². The average molecular weight is 468 g/mol. The minimum absolute atomic E-state index is 0.104. The highest BCUT2D eigenvalue weighted by Crippen LogP contribution is 2.26. The number of nitrogens with zero attached hydrogens (tertiary/aromatic N) is 4. The Morgan fingerprint density at radius 1 is 1.18 bits per heavy atom. The monoisotopic (exact) mass is 467 g/mol. The Morgan fingerprint density at radius 3 is 2.67 bits per heavy atom. The number of nitrogens with one attached hydrogen (secondary N) is 1. The topological polar surface area (TPSA) is 108 Å². The van der Waals surface area contributed by atoms with Gasteiger partial charge in [0.15, 0.2) is 11.0 Å². The molecule has 4 rings (SSSR count). The zero-order valence-corrected chi connectivity index (χ0v) is 19.1. The van der Waals surface area contributed by atoms with Crippen molar-refractivity contribution in [3.63, 3.8) is 0 Å². The van der Waals surface area contributed by atoms with Gasteiger partial charge in [0.25, 0.3) is 0 Å². The first-order valence-corrected chi connectivity index (χ1v) is 11.8. The van der Waals surface area contributed by atoms with Crippen LogP contribution in [0.25, 0.3) is 11.4 Å². The molecule has 2 aromatic heterocycles. The Hall–Kier alpha value is -3.24. The molecule has 1 N–H and O–H groups in total. The van der Waals surface area contributed by atoms with E-state index < -0.39 is 0 Å². The summed E-state index contributed by atoms with van der Waals surface area (Å²) in [7, 11) is 0. The van der Waals surface area contributed by atoms with Gasteiger partial charge in [0.05, 0.1) is 30.6 Å². The summed E-state index contributed by atoms with van der Waals surface area (Å²) in [4.78, 5) is 28.4. The number of benzene rings is 1. The van der Waals surface area contributed by atoms with Crippen LogP contribution in [0.2, 0.25) is 0 Å². The quantitative estimate of drug-likeness (QED) is 0.377. The van der Waals surface area contributed by atoms with Crippen LogP contribution < -0.4 is 5.32 Å². The van der Waals surface area contributed by atoms with Crippen molar-refractivity contribution in [3.8, 4) is 11.4 Å². The zero-order chi connectivity index (χ0) is 23.0. The largest absolute Gasteiger partial charge is 0.462 e. The number of rotatable bonds is 9. The number of pyridine rings is 1. The number of hydrogen-bond donors (Lipinski definition) is 1. The van der Waals surface area contributed by atoms with Crippen LogP contribution in [0.4, 0.5) is 5.69 Å². The highest BCUT2D eigenvalue weighted by atomic mass is 32.2. The number of amides is 1. The fourth-order valence-corrected chi connectivity index (χ4v) is 4.25. The van der Waals surface area contributed by atoms with Gasteiger partial charge in [-0.25, -0.2) is 4.79 Å². The van der Waals surface area contributed by atoms with Crippen molar-refractivity contribution in [2.45, 2.75) is 37.6 Å². The van der Waals surface area contributed by atoms with E-state index in [-0.39, 0.29) is 23.7 Å². The van der Waals surface area contributed by atoms with E-state index in [1.54, 1.807) is 43.6 Å². The molecule has 0 saturated carbocycles. The van der Waals surface area contributed by atoms with Crippen LogP contribution in [0.1, 0.15) is 30.1 Å². The predicted octanol–water partition coefficient (Wildman–Crippen LogP) is 3.43. The van der Waals surface area contributed by atoms with Crippen molar-refractivity contribution in [1.29, 1.82) is 0 Å². The van der Waals surface area contributed by atoms with Crippen molar-refractivity contribution >= 4 is 29.3 Å². The second-order valence-electron chi connectivity index (χ2n) is 7.42. The molecule has 1 aliphatic heterocycles. The van der Waals surface area contributed by atoms with Crippen LogP contribution in [-0.2, 0) is 20.8 Å². The molecule has 1 saturated heterocycles. The van der Waals surface area contributed by atoms with Gasteiger partial charge < -0.3 is 14.8 Å². The maximum absolute atomic E-state index is 12.5. The van der Waals surface area contributed by atoms with E-state index in [2.05, 4.69) is 20.5 Å². The van der Waals surface area contributed by atoms with Crippen molar-refractivity contribution in [2.75, 3.05) is 24.3 Å². The summed E-state index contributed by atoms with van der Waals surface area (Å²) < 4.78 is 12.8. The molecule has 3 aromatic rings. The number of anilines is 1. The molecule has 0 aliphatic carbocycles. The molecule has 0 unspecified atom stereocenters. The molecule has 1 aromatic carbocycles. The van der Waals surface area contributed by atoms with E-state index in [4.69, 9.17) is 9.47 Å². The van der Waals surface area contributed by atoms with E-state index in [1.807, 2.05) is 16.7 Å². The molecule has 3 heterocycles. The number of hydrogen-bond acceptors (Lipinski definition) is 8. The number of ether oxygens (including phenoxy) is 2. The first kappa shape index (κ1) is 22.9. The number of aromatic nitrogens is 4. The van der Waals surface area contributed by atoms with Gasteiger partial charge >= 0.3 is 5.97 Å². The Morgan fingerprint density at radius 2 is 1.97 bits per heavy atom. The number of thioether (sulfide) groups is 1. The van der Waals surface area contributed by atoms with Gasteiger partial charge in [-0.05, 0) is 56.2 Å². The van der Waals surface area contributed by atoms with E-state index >= 15 is 0 Å². The SMILES string of the molecule is CCOC(=O)c1ccc(NC(=O)CSc2nnc(-c3ccncc3)n2C[C@@H]2CCCO2)cc1. The van der Waals surface area contributed by atoms with Gasteiger partial charge in [0.1, 0.15) is 0 Å². The van der Waals surface area contributed by atoms with Gasteiger partial charge in [-0.15, -0.1) is 10.2 Å². The molecule has 1 amide bonds. The van der Waals surface area contributed by atoms with Crippen LogP contribution in [0.5, 0.6) is 0 Å². The number of carbonyl (C=O) groups is 2. The Balaban J connectivity index is 1.41.